The summed E-state index contributed by atoms with van der Waals surface area (Å²) < 4.78 is 0. The Kier molecular flexibility index (Phi) is 15.5. The van der Waals surface area contributed by atoms with Gasteiger partial charge in [0, 0.05) is 13.0 Å². The molecule has 0 saturated carbocycles. The number of nitrogens with zero attached hydrogens (tertiary/aromatic N) is 1. The summed E-state index contributed by atoms with van der Waals surface area (Å²) in [5, 5.41) is 55.3. The summed E-state index contributed by atoms with van der Waals surface area (Å²) >= 11 is 0. The number of carboxylic acids is 2. The molecule has 0 spiro atoms. The molecule has 18 nitrogen and oxygen atoms in total. The number of aliphatic hydroxyl groups is 3. The maximum absolute atomic E-state index is 13.3. The summed E-state index contributed by atoms with van der Waals surface area (Å²) in [7, 11) is 0. The van der Waals surface area contributed by atoms with Gasteiger partial charge in [0.15, 0.2) is 0 Å². The van der Waals surface area contributed by atoms with Gasteiger partial charge in [-0.05, 0) is 31.6 Å². The lowest BCUT2D eigenvalue weighted by molar-refractivity contribution is -0.144. The molecule has 1 saturated heterocycles. The van der Waals surface area contributed by atoms with Crippen LogP contribution in [0.2, 0.25) is 0 Å². The SMILES string of the molecule is CC(C)C[C@H](NC(=O)[C@@H]1CCCN1C(=O)[C@H](CO)NC(=O)[C@@H](N)CCC(=O)O)C(=O)N[C@@H](CO)C(=O)N[C@@H](CO)C(=O)O. The molecule has 244 valence electrons. The third-order valence-corrected chi connectivity index (χ3v) is 6.59. The topological polar surface area (TPSA) is 298 Å². The van der Waals surface area contributed by atoms with Crippen molar-refractivity contribution in [2.45, 2.75) is 82.2 Å². The van der Waals surface area contributed by atoms with E-state index >= 15 is 0 Å². The molecule has 1 rings (SSSR count). The Labute approximate surface area is 247 Å². The summed E-state index contributed by atoms with van der Waals surface area (Å²) in [6, 6.07) is -8.32. The molecule has 0 unspecified atom stereocenters. The highest BCUT2D eigenvalue weighted by Gasteiger charge is 2.39. The predicted octanol–water partition coefficient (Wildman–Crippen LogP) is -4.78. The van der Waals surface area contributed by atoms with Crippen molar-refractivity contribution >= 4 is 41.5 Å². The van der Waals surface area contributed by atoms with E-state index in [0.29, 0.717) is 6.42 Å². The summed E-state index contributed by atoms with van der Waals surface area (Å²) in [6.07, 6.45) is 0.0631. The van der Waals surface area contributed by atoms with Crippen molar-refractivity contribution in [1.82, 2.24) is 26.2 Å². The molecule has 1 aliphatic rings. The smallest absolute Gasteiger partial charge is 0.328 e. The van der Waals surface area contributed by atoms with Crippen molar-refractivity contribution in [2.75, 3.05) is 26.4 Å². The molecule has 6 atom stereocenters. The molecule has 1 heterocycles. The van der Waals surface area contributed by atoms with Gasteiger partial charge in [-0.2, -0.15) is 0 Å². The zero-order chi connectivity index (χ0) is 32.9. The van der Waals surface area contributed by atoms with Crippen LogP contribution in [0.25, 0.3) is 0 Å². The van der Waals surface area contributed by atoms with E-state index in [-0.39, 0.29) is 38.1 Å². The minimum absolute atomic E-state index is 0.0793. The highest BCUT2D eigenvalue weighted by atomic mass is 16.4. The van der Waals surface area contributed by atoms with Crippen molar-refractivity contribution in [2.24, 2.45) is 11.7 Å². The van der Waals surface area contributed by atoms with Crippen LogP contribution in [0.5, 0.6) is 0 Å². The monoisotopic (exact) mass is 618 g/mol. The number of amides is 5. The molecule has 1 aliphatic heterocycles. The number of carbonyl (C=O) groups is 7. The number of carboxylic acid groups (broad SMARTS) is 2. The van der Waals surface area contributed by atoms with Gasteiger partial charge in [-0.1, -0.05) is 13.8 Å². The molecule has 0 aromatic rings. The highest BCUT2D eigenvalue weighted by molar-refractivity contribution is 5.96. The zero-order valence-electron chi connectivity index (χ0n) is 24.0. The number of aliphatic carboxylic acids is 2. The fourth-order valence-corrected chi connectivity index (χ4v) is 4.27. The Bertz CT molecular complexity index is 1020. The molecule has 18 heteroatoms. The van der Waals surface area contributed by atoms with Crippen LogP contribution < -0.4 is 27.0 Å². The third kappa shape index (κ3) is 11.7. The van der Waals surface area contributed by atoms with E-state index in [0.717, 1.165) is 4.90 Å². The van der Waals surface area contributed by atoms with Crippen LogP contribution in [0, 0.1) is 5.92 Å². The lowest BCUT2D eigenvalue weighted by Crippen LogP contribution is -2.60. The first kappa shape index (κ1) is 37.2. The molecule has 1 fully saturated rings. The first-order valence-corrected chi connectivity index (χ1v) is 13.7. The maximum Gasteiger partial charge on any atom is 0.328 e. The average Bonchev–Trinajstić information content (AvgIpc) is 3.44. The molecule has 5 amide bonds. The molecule has 0 aromatic carbocycles. The number of rotatable bonds is 18. The van der Waals surface area contributed by atoms with E-state index in [1.807, 2.05) is 5.32 Å². The number of likely N-dealkylation sites (tertiary alicyclic amines) is 1. The second-order valence-corrected chi connectivity index (χ2v) is 10.5. The second-order valence-electron chi connectivity index (χ2n) is 10.5. The fraction of sp³-hybridized carbons (Fsp3) is 0.720. The van der Waals surface area contributed by atoms with Gasteiger partial charge in [0.05, 0.1) is 25.9 Å². The Morgan fingerprint density at radius 3 is 1.84 bits per heavy atom. The van der Waals surface area contributed by atoms with Gasteiger partial charge in [0.1, 0.15) is 30.2 Å². The van der Waals surface area contributed by atoms with E-state index in [1.165, 1.54) is 0 Å². The fourth-order valence-electron chi connectivity index (χ4n) is 4.27. The quantitative estimate of drug-likeness (QED) is 0.0691. The van der Waals surface area contributed by atoms with E-state index in [9.17, 15) is 43.8 Å². The van der Waals surface area contributed by atoms with Gasteiger partial charge in [0.2, 0.25) is 29.5 Å². The van der Waals surface area contributed by atoms with Crippen LogP contribution >= 0.6 is 0 Å². The summed E-state index contributed by atoms with van der Waals surface area (Å²) in [5.74, 6) is -7.21. The van der Waals surface area contributed by atoms with Crippen LogP contribution in [0.1, 0.15) is 46.0 Å². The summed E-state index contributed by atoms with van der Waals surface area (Å²) in [5.41, 5.74) is 5.67. The van der Waals surface area contributed by atoms with Crippen LogP contribution in [0.15, 0.2) is 0 Å². The number of hydrogen-bond donors (Lipinski definition) is 10. The van der Waals surface area contributed by atoms with Gasteiger partial charge >= 0.3 is 11.9 Å². The predicted molar refractivity (Wildman–Crippen MR) is 146 cm³/mol. The van der Waals surface area contributed by atoms with Crippen molar-refractivity contribution in [1.29, 1.82) is 0 Å². The Morgan fingerprint density at radius 1 is 0.791 bits per heavy atom. The van der Waals surface area contributed by atoms with Crippen molar-refractivity contribution < 1.29 is 59.1 Å². The van der Waals surface area contributed by atoms with E-state index in [1.54, 1.807) is 13.8 Å². The largest absolute Gasteiger partial charge is 0.481 e. The molecule has 0 bridgehead atoms. The van der Waals surface area contributed by atoms with Crippen molar-refractivity contribution in [3.63, 3.8) is 0 Å². The number of hydrogen-bond acceptors (Lipinski definition) is 11. The molecule has 0 aromatic heterocycles. The third-order valence-electron chi connectivity index (χ3n) is 6.59. The van der Waals surface area contributed by atoms with Gasteiger partial charge < -0.3 is 57.4 Å². The van der Waals surface area contributed by atoms with Crippen LogP contribution in [0.3, 0.4) is 0 Å². The van der Waals surface area contributed by atoms with Crippen LogP contribution in [0.4, 0.5) is 0 Å². The Morgan fingerprint density at radius 2 is 1.33 bits per heavy atom. The Balaban J connectivity index is 2.98. The average molecular weight is 619 g/mol. The molecule has 11 N–H and O–H groups in total. The van der Waals surface area contributed by atoms with Crippen LogP contribution in [-0.2, 0) is 33.6 Å². The number of aliphatic hydroxyl groups excluding tert-OH is 3. The van der Waals surface area contributed by atoms with E-state index in [4.69, 9.17) is 21.1 Å². The lowest BCUT2D eigenvalue weighted by Gasteiger charge is -2.30. The number of carbonyl (C=O) groups excluding carboxylic acids is 5. The molecule has 0 aliphatic carbocycles. The number of nitrogens with two attached hydrogens (primary N) is 1. The van der Waals surface area contributed by atoms with E-state index in [2.05, 4.69) is 16.0 Å². The van der Waals surface area contributed by atoms with Gasteiger partial charge in [0.25, 0.3) is 0 Å². The van der Waals surface area contributed by atoms with Crippen LogP contribution in [-0.4, -0.2) is 135 Å². The van der Waals surface area contributed by atoms with Gasteiger partial charge in [-0.15, -0.1) is 0 Å². The Hall–Kier alpha value is -3.87. The van der Waals surface area contributed by atoms with Crippen molar-refractivity contribution in [3.05, 3.63) is 0 Å². The molecular weight excluding hydrogens is 576 g/mol. The van der Waals surface area contributed by atoms with Gasteiger partial charge in [-0.25, -0.2) is 4.79 Å². The van der Waals surface area contributed by atoms with Crippen molar-refractivity contribution in [3.8, 4) is 0 Å². The maximum atomic E-state index is 13.3. The first-order chi connectivity index (χ1) is 20.2. The summed E-state index contributed by atoms with van der Waals surface area (Å²) in [4.78, 5) is 87.1. The minimum atomic E-state index is -1.68. The minimum Gasteiger partial charge on any atom is -0.481 e. The second kappa shape index (κ2) is 17.9. The molecule has 43 heavy (non-hydrogen) atoms. The normalized spacial score (nSPS) is 18.1. The van der Waals surface area contributed by atoms with Gasteiger partial charge in [-0.3, -0.25) is 28.8 Å². The van der Waals surface area contributed by atoms with E-state index < -0.39 is 97.5 Å². The zero-order valence-corrected chi connectivity index (χ0v) is 24.0. The summed E-state index contributed by atoms with van der Waals surface area (Å²) in [6.45, 7) is 0.913. The standard InChI is InChI=1S/C25H42N6O12/c1-12(2)8-14(21(38)28-15(9-32)22(39)30-17(11-34)25(42)43)27-23(40)18-4-3-7-31(18)24(41)16(10-33)29-20(37)13(26)5-6-19(35)36/h12-18,32-34H,3-11,26H2,1-2H3,(H,27,40)(H,28,38)(H,29,37)(H,30,39)(H,35,36)(H,42,43)/t13-,14-,15-,16-,17-,18-/m0/s1. The first-order valence-electron chi connectivity index (χ1n) is 13.7. The molecular formula is C25H42N6O12. The highest BCUT2D eigenvalue weighted by Crippen LogP contribution is 2.19. The molecule has 0 radical (unpaired) electrons. The lowest BCUT2D eigenvalue weighted by atomic mass is 10.0. The number of nitrogens with one attached hydrogen (secondary N) is 4.